The van der Waals surface area contributed by atoms with Crippen LogP contribution in [0.1, 0.15) is 38.2 Å². The number of aromatic nitrogens is 1. The van der Waals surface area contributed by atoms with Crippen molar-refractivity contribution in [2.75, 3.05) is 6.54 Å². The topological polar surface area (TPSA) is 44.9 Å². The molecule has 0 radical (unpaired) electrons. The first-order chi connectivity index (χ1) is 9.31. The first kappa shape index (κ1) is 13.7. The molecule has 0 spiro atoms. The second-order valence-corrected chi connectivity index (χ2v) is 4.92. The van der Waals surface area contributed by atoms with Crippen molar-refractivity contribution in [2.45, 2.75) is 39.0 Å². The summed E-state index contributed by atoms with van der Waals surface area (Å²) in [5.41, 5.74) is 2.47. The molecule has 19 heavy (non-hydrogen) atoms. The normalized spacial score (nSPS) is 10.8. The number of aryl methyl sites for hydroxylation is 1. The molecule has 0 saturated carbocycles. The Bertz CT molecular complexity index is 530. The molecule has 3 heteroatoms. The van der Waals surface area contributed by atoms with Gasteiger partial charge in [-0.15, -0.1) is 0 Å². The zero-order valence-electron chi connectivity index (χ0n) is 11.5. The molecule has 0 atom stereocenters. The Morgan fingerprint density at radius 3 is 2.95 bits per heavy atom. The molecule has 102 valence electrons. The van der Waals surface area contributed by atoms with Crippen LogP contribution in [0.4, 0.5) is 0 Å². The number of unbranched alkanes of at least 4 members (excludes halogenated alkanes) is 1. The van der Waals surface area contributed by atoms with Gasteiger partial charge in [-0.05, 0) is 30.9 Å². The van der Waals surface area contributed by atoms with Crippen molar-refractivity contribution in [2.24, 2.45) is 0 Å². The van der Waals surface area contributed by atoms with Crippen molar-refractivity contribution in [3.8, 4) is 0 Å². The molecule has 1 aromatic carbocycles. The predicted molar refractivity (Wildman–Crippen MR) is 79.2 cm³/mol. The molecule has 0 unspecified atom stereocenters. The van der Waals surface area contributed by atoms with E-state index in [2.05, 4.69) is 41.6 Å². The second kappa shape index (κ2) is 6.98. The minimum atomic E-state index is 0.174. The number of para-hydroxylation sites is 1. The standard InChI is InChI=1S/C16H22N2O/c1-2-3-11-17-16(19)10-6-7-13-12-18-15-9-5-4-8-14(13)15/h4-5,8-9,12,18H,2-3,6-7,10-11H2,1H3,(H,17,19). The number of fused-ring (bicyclic) bond motifs is 1. The van der Waals surface area contributed by atoms with E-state index in [1.807, 2.05) is 6.07 Å². The van der Waals surface area contributed by atoms with Gasteiger partial charge in [0.15, 0.2) is 0 Å². The number of rotatable bonds is 7. The van der Waals surface area contributed by atoms with Gasteiger partial charge in [0.2, 0.25) is 5.91 Å². The Kier molecular flexibility index (Phi) is 5.01. The molecule has 0 saturated heterocycles. The summed E-state index contributed by atoms with van der Waals surface area (Å²) in [5, 5.41) is 4.23. The SMILES string of the molecule is CCCCNC(=O)CCCc1c[nH]c2ccccc12. The molecule has 2 aromatic rings. The molecular weight excluding hydrogens is 236 g/mol. The smallest absolute Gasteiger partial charge is 0.220 e. The van der Waals surface area contributed by atoms with Crippen LogP contribution in [-0.4, -0.2) is 17.4 Å². The molecular formula is C16H22N2O. The fourth-order valence-electron chi connectivity index (χ4n) is 2.27. The summed E-state index contributed by atoms with van der Waals surface area (Å²) < 4.78 is 0. The maximum Gasteiger partial charge on any atom is 0.220 e. The monoisotopic (exact) mass is 258 g/mol. The Morgan fingerprint density at radius 1 is 1.26 bits per heavy atom. The second-order valence-electron chi connectivity index (χ2n) is 4.92. The number of aromatic amines is 1. The molecule has 3 nitrogen and oxygen atoms in total. The van der Waals surface area contributed by atoms with Crippen molar-refractivity contribution in [3.05, 3.63) is 36.0 Å². The van der Waals surface area contributed by atoms with E-state index in [4.69, 9.17) is 0 Å². The van der Waals surface area contributed by atoms with Crippen LogP contribution in [0, 0.1) is 0 Å². The minimum absolute atomic E-state index is 0.174. The highest BCUT2D eigenvalue weighted by atomic mass is 16.1. The van der Waals surface area contributed by atoms with E-state index in [0.29, 0.717) is 6.42 Å². The maximum absolute atomic E-state index is 11.6. The van der Waals surface area contributed by atoms with E-state index in [-0.39, 0.29) is 5.91 Å². The highest BCUT2D eigenvalue weighted by Gasteiger charge is 2.04. The maximum atomic E-state index is 11.6. The summed E-state index contributed by atoms with van der Waals surface area (Å²) in [6, 6.07) is 8.29. The molecule has 1 amide bonds. The van der Waals surface area contributed by atoms with Gasteiger partial charge in [-0.2, -0.15) is 0 Å². The summed E-state index contributed by atoms with van der Waals surface area (Å²) in [6.07, 6.45) is 6.71. The molecule has 2 rings (SSSR count). The van der Waals surface area contributed by atoms with Crippen molar-refractivity contribution in [3.63, 3.8) is 0 Å². The van der Waals surface area contributed by atoms with Crippen molar-refractivity contribution < 1.29 is 4.79 Å². The van der Waals surface area contributed by atoms with E-state index in [0.717, 1.165) is 32.2 Å². The van der Waals surface area contributed by atoms with Crippen LogP contribution in [-0.2, 0) is 11.2 Å². The molecule has 1 aromatic heterocycles. The Hall–Kier alpha value is -1.77. The van der Waals surface area contributed by atoms with Gasteiger partial charge in [0, 0.05) is 30.1 Å². The lowest BCUT2D eigenvalue weighted by molar-refractivity contribution is -0.121. The van der Waals surface area contributed by atoms with Crippen molar-refractivity contribution >= 4 is 16.8 Å². The number of carbonyl (C=O) groups is 1. The van der Waals surface area contributed by atoms with Gasteiger partial charge in [-0.1, -0.05) is 31.5 Å². The van der Waals surface area contributed by atoms with Crippen LogP contribution in [0.5, 0.6) is 0 Å². The van der Waals surface area contributed by atoms with Crippen LogP contribution >= 0.6 is 0 Å². The highest BCUT2D eigenvalue weighted by Crippen LogP contribution is 2.19. The van der Waals surface area contributed by atoms with Crippen LogP contribution < -0.4 is 5.32 Å². The summed E-state index contributed by atoms with van der Waals surface area (Å²) in [7, 11) is 0. The van der Waals surface area contributed by atoms with Crippen molar-refractivity contribution in [1.29, 1.82) is 0 Å². The molecule has 1 heterocycles. The third-order valence-corrected chi connectivity index (χ3v) is 3.38. The fourth-order valence-corrected chi connectivity index (χ4v) is 2.27. The Balaban J connectivity index is 1.78. The lowest BCUT2D eigenvalue weighted by Crippen LogP contribution is -2.23. The lowest BCUT2D eigenvalue weighted by atomic mass is 10.1. The summed E-state index contributed by atoms with van der Waals surface area (Å²) in [6.45, 7) is 2.94. The molecule has 0 aliphatic rings. The highest BCUT2D eigenvalue weighted by molar-refractivity contribution is 5.83. The first-order valence-corrected chi connectivity index (χ1v) is 7.13. The van der Waals surface area contributed by atoms with Crippen molar-refractivity contribution in [1.82, 2.24) is 10.3 Å². The van der Waals surface area contributed by atoms with E-state index >= 15 is 0 Å². The van der Waals surface area contributed by atoms with Crippen LogP contribution in [0.25, 0.3) is 10.9 Å². The van der Waals surface area contributed by atoms with Gasteiger partial charge in [0.05, 0.1) is 0 Å². The quantitative estimate of drug-likeness (QED) is 0.734. The number of hydrogen-bond donors (Lipinski definition) is 2. The number of amides is 1. The predicted octanol–water partition coefficient (Wildman–Crippen LogP) is 3.41. The van der Waals surface area contributed by atoms with Gasteiger partial charge >= 0.3 is 0 Å². The first-order valence-electron chi connectivity index (χ1n) is 7.13. The average Bonchev–Trinajstić information content (AvgIpc) is 2.83. The van der Waals surface area contributed by atoms with Crippen LogP contribution in [0.2, 0.25) is 0 Å². The number of H-pyrrole nitrogens is 1. The molecule has 0 bridgehead atoms. The Morgan fingerprint density at radius 2 is 2.11 bits per heavy atom. The Labute approximate surface area is 114 Å². The fraction of sp³-hybridized carbons (Fsp3) is 0.438. The minimum Gasteiger partial charge on any atom is -0.361 e. The molecule has 0 fully saturated rings. The van der Waals surface area contributed by atoms with E-state index in [1.165, 1.54) is 16.5 Å². The number of carbonyl (C=O) groups excluding carboxylic acids is 1. The summed E-state index contributed by atoms with van der Waals surface area (Å²) in [4.78, 5) is 14.9. The number of nitrogens with one attached hydrogen (secondary N) is 2. The zero-order valence-corrected chi connectivity index (χ0v) is 11.5. The third-order valence-electron chi connectivity index (χ3n) is 3.38. The van der Waals surface area contributed by atoms with Gasteiger partial charge < -0.3 is 10.3 Å². The van der Waals surface area contributed by atoms with E-state index < -0.39 is 0 Å². The van der Waals surface area contributed by atoms with Crippen LogP contribution in [0.15, 0.2) is 30.5 Å². The summed E-state index contributed by atoms with van der Waals surface area (Å²) >= 11 is 0. The van der Waals surface area contributed by atoms with Gasteiger partial charge in [-0.3, -0.25) is 4.79 Å². The average molecular weight is 258 g/mol. The lowest BCUT2D eigenvalue weighted by Gasteiger charge is -2.03. The third kappa shape index (κ3) is 3.85. The zero-order chi connectivity index (χ0) is 13.5. The van der Waals surface area contributed by atoms with Gasteiger partial charge in [0.25, 0.3) is 0 Å². The molecule has 0 aliphatic carbocycles. The molecule has 0 aliphatic heterocycles. The van der Waals surface area contributed by atoms with Gasteiger partial charge in [0.1, 0.15) is 0 Å². The van der Waals surface area contributed by atoms with Gasteiger partial charge in [-0.25, -0.2) is 0 Å². The van der Waals surface area contributed by atoms with E-state index in [1.54, 1.807) is 0 Å². The largest absolute Gasteiger partial charge is 0.361 e. The van der Waals surface area contributed by atoms with Crippen LogP contribution in [0.3, 0.4) is 0 Å². The van der Waals surface area contributed by atoms with E-state index in [9.17, 15) is 4.79 Å². The number of benzene rings is 1. The molecule has 2 N–H and O–H groups in total. The number of hydrogen-bond acceptors (Lipinski definition) is 1. The summed E-state index contributed by atoms with van der Waals surface area (Å²) in [5.74, 6) is 0.174.